The van der Waals surface area contributed by atoms with E-state index < -0.39 is 29.6 Å². The minimum Gasteiger partial charge on any atom is -0.480 e. The van der Waals surface area contributed by atoms with Crippen molar-refractivity contribution >= 4 is 18.0 Å². The SMILES string of the molecule is CC[C@H](NC(=O)C1(NC(=O)OCC2c3ccccc3-c3ccccc32)CCN(Cc2ccccc2)CC1)C(=O)O. The fraction of sp³-hybridized carbons (Fsp3) is 0.344. The lowest BCUT2D eigenvalue weighted by Gasteiger charge is -2.41. The maximum absolute atomic E-state index is 13.5. The van der Waals surface area contributed by atoms with Crippen LogP contribution in [0.4, 0.5) is 4.79 Å². The van der Waals surface area contributed by atoms with E-state index in [0.29, 0.717) is 25.9 Å². The fourth-order valence-corrected chi connectivity index (χ4v) is 5.81. The number of alkyl carbamates (subject to hydrolysis) is 1. The topological polar surface area (TPSA) is 108 Å². The van der Waals surface area contributed by atoms with Crippen molar-refractivity contribution in [3.05, 3.63) is 95.6 Å². The second kappa shape index (κ2) is 11.9. The van der Waals surface area contributed by atoms with Gasteiger partial charge in [-0.2, -0.15) is 0 Å². The van der Waals surface area contributed by atoms with Crippen LogP contribution in [0.3, 0.4) is 0 Å². The second-order valence-corrected chi connectivity index (χ2v) is 10.6. The molecule has 2 aliphatic rings. The highest BCUT2D eigenvalue weighted by Gasteiger charge is 2.44. The van der Waals surface area contributed by atoms with E-state index >= 15 is 0 Å². The van der Waals surface area contributed by atoms with Crippen molar-refractivity contribution < 1.29 is 24.2 Å². The molecule has 0 spiro atoms. The van der Waals surface area contributed by atoms with E-state index in [4.69, 9.17) is 4.74 Å². The molecule has 8 nitrogen and oxygen atoms in total. The molecule has 1 heterocycles. The van der Waals surface area contributed by atoms with Gasteiger partial charge in [-0.1, -0.05) is 85.8 Å². The van der Waals surface area contributed by atoms with Gasteiger partial charge in [-0.25, -0.2) is 9.59 Å². The second-order valence-electron chi connectivity index (χ2n) is 10.6. The van der Waals surface area contributed by atoms with Crippen LogP contribution >= 0.6 is 0 Å². The number of ether oxygens (including phenoxy) is 1. The summed E-state index contributed by atoms with van der Waals surface area (Å²) in [4.78, 5) is 40.6. The molecular weight excluding hydrogens is 506 g/mol. The van der Waals surface area contributed by atoms with E-state index in [9.17, 15) is 19.5 Å². The highest BCUT2D eigenvalue weighted by Crippen LogP contribution is 2.44. The Morgan fingerprint density at radius 3 is 2.08 bits per heavy atom. The first-order chi connectivity index (χ1) is 19.4. The average molecular weight is 542 g/mol. The van der Waals surface area contributed by atoms with E-state index in [1.165, 1.54) is 5.56 Å². The number of hydrogen-bond acceptors (Lipinski definition) is 5. The van der Waals surface area contributed by atoms with Gasteiger partial charge < -0.3 is 20.5 Å². The molecule has 0 bridgehead atoms. The standard InChI is InChI=1S/C32H35N3O5/c1-2-28(29(36)37)33-30(38)32(16-18-35(19-17-32)20-22-10-4-3-5-11-22)34-31(39)40-21-27-25-14-8-6-12-23(25)24-13-7-9-15-26(24)27/h3-15,27-28H,2,16-21H2,1H3,(H,33,38)(H,34,39)(H,36,37)/t28-/m0/s1. The highest BCUT2D eigenvalue weighted by molar-refractivity contribution is 5.93. The first kappa shape index (κ1) is 27.4. The Kier molecular flexibility index (Phi) is 8.16. The summed E-state index contributed by atoms with van der Waals surface area (Å²) < 4.78 is 5.76. The first-order valence-corrected chi connectivity index (χ1v) is 13.8. The van der Waals surface area contributed by atoms with Crippen molar-refractivity contribution in [2.45, 2.75) is 50.2 Å². The molecule has 8 heteroatoms. The minimum absolute atomic E-state index is 0.105. The summed E-state index contributed by atoms with van der Waals surface area (Å²) in [5.74, 6) is -1.70. The van der Waals surface area contributed by atoms with E-state index in [-0.39, 0.29) is 18.9 Å². The third kappa shape index (κ3) is 5.72. The number of likely N-dealkylation sites (tertiary alicyclic amines) is 1. The van der Waals surface area contributed by atoms with Gasteiger partial charge in [0.1, 0.15) is 18.2 Å². The Bertz CT molecular complexity index is 1320. The fourth-order valence-electron chi connectivity index (χ4n) is 5.81. The van der Waals surface area contributed by atoms with Gasteiger partial charge in [0.05, 0.1) is 0 Å². The summed E-state index contributed by atoms with van der Waals surface area (Å²) in [5.41, 5.74) is 4.37. The molecule has 0 aromatic heterocycles. The van der Waals surface area contributed by atoms with Crippen LogP contribution in [0.25, 0.3) is 11.1 Å². The number of amides is 2. The molecule has 40 heavy (non-hydrogen) atoms. The third-order valence-electron chi connectivity index (χ3n) is 8.09. The van der Waals surface area contributed by atoms with Crippen molar-refractivity contribution in [3.63, 3.8) is 0 Å². The highest BCUT2D eigenvalue weighted by atomic mass is 16.5. The van der Waals surface area contributed by atoms with E-state index in [1.807, 2.05) is 42.5 Å². The van der Waals surface area contributed by atoms with Gasteiger partial charge >= 0.3 is 12.1 Å². The Hall–Kier alpha value is -4.17. The Morgan fingerprint density at radius 2 is 1.50 bits per heavy atom. The molecule has 3 aromatic carbocycles. The van der Waals surface area contributed by atoms with Crippen LogP contribution in [0.1, 0.15) is 48.8 Å². The van der Waals surface area contributed by atoms with Crippen LogP contribution in [-0.2, 0) is 20.9 Å². The van der Waals surface area contributed by atoms with Crippen molar-refractivity contribution in [2.24, 2.45) is 0 Å². The molecular formula is C32H35N3O5. The summed E-state index contributed by atoms with van der Waals surface area (Å²) in [5, 5.41) is 15.0. The number of nitrogens with one attached hydrogen (secondary N) is 2. The molecule has 3 aromatic rings. The summed E-state index contributed by atoms with van der Waals surface area (Å²) in [7, 11) is 0. The molecule has 0 saturated carbocycles. The van der Waals surface area contributed by atoms with Gasteiger partial charge in [0.25, 0.3) is 0 Å². The molecule has 1 atom stereocenters. The summed E-state index contributed by atoms with van der Waals surface area (Å²) in [6.07, 6.45) is 0.233. The van der Waals surface area contributed by atoms with Crippen molar-refractivity contribution in [1.29, 1.82) is 0 Å². The number of carbonyl (C=O) groups excluding carboxylic acids is 2. The molecule has 1 fully saturated rings. The van der Waals surface area contributed by atoms with Gasteiger partial charge in [0, 0.05) is 25.6 Å². The zero-order valence-corrected chi connectivity index (χ0v) is 22.6. The van der Waals surface area contributed by atoms with Crippen molar-refractivity contribution in [3.8, 4) is 11.1 Å². The van der Waals surface area contributed by atoms with Crippen LogP contribution < -0.4 is 10.6 Å². The van der Waals surface area contributed by atoms with Gasteiger partial charge in [0.15, 0.2) is 0 Å². The van der Waals surface area contributed by atoms with Crippen LogP contribution in [0.2, 0.25) is 0 Å². The van der Waals surface area contributed by atoms with Crippen LogP contribution in [0, 0.1) is 0 Å². The predicted molar refractivity (Wildman–Crippen MR) is 152 cm³/mol. The number of carboxylic acid groups (broad SMARTS) is 1. The average Bonchev–Trinajstić information content (AvgIpc) is 3.29. The molecule has 1 aliphatic heterocycles. The summed E-state index contributed by atoms with van der Waals surface area (Å²) >= 11 is 0. The quantitative estimate of drug-likeness (QED) is 0.367. The maximum atomic E-state index is 13.5. The third-order valence-corrected chi connectivity index (χ3v) is 8.09. The van der Waals surface area contributed by atoms with Gasteiger partial charge in [0.2, 0.25) is 5.91 Å². The molecule has 0 radical (unpaired) electrons. The zero-order valence-electron chi connectivity index (χ0n) is 22.6. The molecule has 0 unspecified atom stereocenters. The number of nitrogens with zero attached hydrogens (tertiary/aromatic N) is 1. The Labute approximate surface area is 234 Å². The van der Waals surface area contributed by atoms with Gasteiger partial charge in [-0.3, -0.25) is 9.69 Å². The number of aliphatic carboxylic acids is 1. The molecule has 208 valence electrons. The number of fused-ring (bicyclic) bond motifs is 3. The van der Waals surface area contributed by atoms with E-state index in [2.05, 4.69) is 51.9 Å². The lowest BCUT2D eigenvalue weighted by molar-refractivity contribution is -0.143. The number of carbonyl (C=O) groups is 3. The normalized spacial score (nSPS) is 16.8. The van der Waals surface area contributed by atoms with E-state index in [1.54, 1.807) is 6.92 Å². The number of carboxylic acids is 1. The number of piperidine rings is 1. The van der Waals surface area contributed by atoms with Crippen molar-refractivity contribution in [1.82, 2.24) is 15.5 Å². The van der Waals surface area contributed by atoms with Crippen LogP contribution in [-0.4, -0.2) is 59.3 Å². The molecule has 3 N–H and O–H groups in total. The van der Waals surface area contributed by atoms with Gasteiger partial charge in [-0.05, 0) is 47.1 Å². The Balaban J connectivity index is 1.29. The smallest absolute Gasteiger partial charge is 0.408 e. The lowest BCUT2D eigenvalue weighted by Crippen LogP contribution is -2.64. The number of benzene rings is 3. The van der Waals surface area contributed by atoms with Crippen LogP contribution in [0.5, 0.6) is 0 Å². The van der Waals surface area contributed by atoms with Crippen molar-refractivity contribution in [2.75, 3.05) is 19.7 Å². The zero-order chi connectivity index (χ0) is 28.1. The van der Waals surface area contributed by atoms with E-state index in [0.717, 1.165) is 28.8 Å². The molecule has 2 amide bonds. The molecule has 1 aliphatic carbocycles. The molecule has 5 rings (SSSR count). The lowest BCUT2D eigenvalue weighted by atomic mass is 9.86. The van der Waals surface area contributed by atoms with Gasteiger partial charge in [-0.15, -0.1) is 0 Å². The largest absolute Gasteiger partial charge is 0.480 e. The predicted octanol–water partition coefficient (Wildman–Crippen LogP) is 4.54. The van der Waals surface area contributed by atoms with Crippen LogP contribution in [0.15, 0.2) is 78.9 Å². The molecule has 1 saturated heterocycles. The maximum Gasteiger partial charge on any atom is 0.408 e. The Morgan fingerprint density at radius 1 is 0.925 bits per heavy atom. The summed E-state index contributed by atoms with van der Waals surface area (Å²) in [6.45, 7) is 3.69. The first-order valence-electron chi connectivity index (χ1n) is 13.8. The summed E-state index contributed by atoms with van der Waals surface area (Å²) in [6, 6.07) is 25.2. The minimum atomic E-state index is -1.27. The number of rotatable bonds is 9. The number of hydrogen-bond donors (Lipinski definition) is 3. The monoisotopic (exact) mass is 541 g/mol.